The number of oxazole rings is 1. The fourth-order valence-electron chi connectivity index (χ4n) is 1.96. The van der Waals surface area contributed by atoms with Gasteiger partial charge in [0.1, 0.15) is 5.52 Å². The highest BCUT2D eigenvalue weighted by Gasteiger charge is 2.43. The highest BCUT2D eigenvalue weighted by atomic mass is 16.4. The van der Waals surface area contributed by atoms with Gasteiger partial charge in [-0.1, -0.05) is 12.1 Å². The van der Waals surface area contributed by atoms with Crippen molar-refractivity contribution in [1.29, 1.82) is 0 Å². The van der Waals surface area contributed by atoms with Gasteiger partial charge in [0, 0.05) is 0 Å². The Bertz CT molecular complexity index is 464. The lowest BCUT2D eigenvalue weighted by Crippen LogP contribution is -2.35. The highest BCUT2D eigenvalue weighted by Crippen LogP contribution is 2.43. The molecule has 3 heteroatoms. The van der Waals surface area contributed by atoms with E-state index >= 15 is 0 Å². The van der Waals surface area contributed by atoms with E-state index in [4.69, 9.17) is 10.2 Å². The van der Waals surface area contributed by atoms with E-state index in [0.717, 1.165) is 11.1 Å². The average Bonchev–Trinajstić information content (AvgIpc) is 2.97. The quantitative estimate of drug-likeness (QED) is 0.813. The molecule has 3 rings (SSSR count). The molecule has 0 spiro atoms. The van der Waals surface area contributed by atoms with Gasteiger partial charge >= 0.3 is 0 Å². The minimum Gasteiger partial charge on any atom is -0.439 e. The third kappa shape index (κ3) is 1.35. The van der Waals surface area contributed by atoms with E-state index in [2.05, 4.69) is 4.98 Å². The van der Waals surface area contributed by atoms with Crippen LogP contribution in [0.15, 0.2) is 28.7 Å². The smallest absolute Gasteiger partial charge is 0.215 e. The maximum atomic E-state index is 6.25. The number of para-hydroxylation sites is 2. The molecule has 1 aromatic heterocycles. The zero-order valence-electron chi connectivity index (χ0n) is 8.73. The normalized spacial score (nSPS) is 20.4. The molecule has 1 aromatic carbocycles. The summed E-state index contributed by atoms with van der Waals surface area (Å²) in [6.45, 7) is 2.01. The predicted molar refractivity (Wildman–Crippen MR) is 58.3 cm³/mol. The second-order valence-corrected chi connectivity index (χ2v) is 4.54. The van der Waals surface area contributed by atoms with E-state index in [1.54, 1.807) is 0 Å². The number of fused-ring (bicyclic) bond motifs is 1. The minimum absolute atomic E-state index is 0.404. The van der Waals surface area contributed by atoms with Crippen LogP contribution in [0.25, 0.3) is 11.1 Å². The molecule has 1 heterocycles. The summed E-state index contributed by atoms with van der Waals surface area (Å²) in [5, 5.41) is 0. The third-order valence-corrected chi connectivity index (χ3v) is 3.18. The second kappa shape index (κ2) is 2.83. The first-order chi connectivity index (χ1) is 7.18. The summed E-state index contributed by atoms with van der Waals surface area (Å²) < 4.78 is 5.70. The van der Waals surface area contributed by atoms with E-state index < -0.39 is 5.54 Å². The largest absolute Gasteiger partial charge is 0.439 e. The molecule has 1 unspecified atom stereocenters. The summed E-state index contributed by atoms with van der Waals surface area (Å²) in [6.07, 6.45) is 2.37. The predicted octanol–water partition coefficient (Wildman–Crippen LogP) is 2.41. The number of rotatable bonds is 2. The Morgan fingerprint density at radius 1 is 1.40 bits per heavy atom. The molecule has 0 radical (unpaired) electrons. The van der Waals surface area contributed by atoms with Gasteiger partial charge in [0.15, 0.2) is 5.58 Å². The van der Waals surface area contributed by atoms with Crippen molar-refractivity contribution >= 4 is 11.1 Å². The van der Waals surface area contributed by atoms with Crippen LogP contribution in [-0.2, 0) is 5.54 Å². The number of aromatic nitrogens is 1. The maximum absolute atomic E-state index is 6.25. The Morgan fingerprint density at radius 3 is 2.80 bits per heavy atom. The van der Waals surface area contributed by atoms with Crippen LogP contribution in [0.3, 0.4) is 0 Å². The first-order valence-electron chi connectivity index (χ1n) is 5.33. The van der Waals surface area contributed by atoms with Crippen molar-refractivity contribution < 1.29 is 4.42 Å². The van der Waals surface area contributed by atoms with Gasteiger partial charge in [-0.25, -0.2) is 4.98 Å². The van der Waals surface area contributed by atoms with Crippen LogP contribution in [0.1, 0.15) is 25.7 Å². The van der Waals surface area contributed by atoms with Gasteiger partial charge in [-0.15, -0.1) is 0 Å². The zero-order chi connectivity index (χ0) is 10.5. The fourth-order valence-corrected chi connectivity index (χ4v) is 1.96. The Morgan fingerprint density at radius 2 is 2.13 bits per heavy atom. The number of benzene rings is 1. The van der Waals surface area contributed by atoms with Crippen LogP contribution >= 0.6 is 0 Å². The first kappa shape index (κ1) is 8.92. The van der Waals surface area contributed by atoms with Gasteiger partial charge in [0.05, 0.1) is 5.54 Å². The molecule has 0 aliphatic heterocycles. The summed E-state index contributed by atoms with van der Waals surface area (Å²) in [7, 11) is 0. The molecule has 15 heavy (non-hydrogen) atoms. The SMILES string of the molecule is CC(N)(c1nc2ccccc2o1)C1CC1. The lowest BCUT2D eigenvalue weighted by atomic mass is 9.97. The van der Waals surface area contributed by atoms with Crippen molar-refractivity contribution in [2.45, 2.75) is 25.3 Å². The van der Waals surface area contributed by atoms with Crippen molar-refractivity contribution in [3.8, 4) is 0 Å². The molecule has 1 saturated carbocycles. The van der Waals surface area contributed by atoms with Gasteiger partial charge in [-0.3, -0.25) is 0 Å². The molecule has 0 bridgehead atoms. The Labute approximate surface area is 88.3 Å². The topological polar surface area (TPSA) is 52.0 Å². The first-order valence-corrected chi connectivity index (χ1v) is 5.33. The Kier molecular flexibility index (Phi) is 1.68. The van der Waals surface area contributed by atoms with Crippen LogP contribution < -0.4 is 5.73 Å². The fraction of sp³-hybridized carbons (Fsp3) is 0.417. The zero-order valence-corrected chi connectivity index (χ0v) is 8.73. The summed E-state index contributed by atoms with van der Waals surface area (Å²) in [4.78, 5) is 4.45. The van der Waals surface area contributed by atoms with Crippen LogP contribution in [0.2, 0.25) is 0 Å². The van der Waals surface area contributed by atoms with Crippen molar-refractivity contribution in [3.63, 3.8) is 0 Å². The summed E-state index contributed by atoms with van der Waals surface area (Å²) in [5.41, 5.74) is 7.56. The van der Waals surface area contributed by atoms with Gasteiger partial charge in [-0.05, 0) is 37.8 Å². The van der Waals surface area contributed by atoms with Crippen LogP contribution in [0, 0.1) is 5.92 Å². The lowest BCUT2D eigenvalue weighted by molar-refractivity contribution is 0.327. The number of nitrogens with zero attached hydrogens (tertiary/aromatic N) is 1. The molecular weight excluding hydrogens is 188 g/mol. The molecular formula is C12H14N2O. The van der Waals surface area contributed by atoms with Crippen molar-refractivity contribution in [3.05, 3.63) is 30.2 Å². The molecule has 2 N–H and O–H groups in total. The van der Waals surface area contributed by atoms with Crippen molar-refractivity contribution in [2.75, 3.05) is 0 Å². The molecule has 1 aliphatic carbocycles. The van der Waals surface area contributed by atoms with Crippen molar-refractivity contribution in [2.24, 2.45) is 11.7 Å². The van der Waals surface area contributed by atoms with E-state index in [0.29, 0.717) is 11.8 Å². The molecule has 1 fully saturated rings. The molecule has 3 nitrogen and oxygen atoms in total. The highest BCUT2D eigenvalue weighted by molar-refractivity contribution is 5.72. The molecule has 1 aliphatic rings. The Hall–Kier alpha value is -1.35. The van der Waals surface area contributed by atoms with Crippen LogP contribution in [-0.4, -0.2) is 4.98 Å². The Balaban J connectivity index is 2.11. The molecule has 0 amide bonds. The van der Waals surface area contributed by atoms with E-state index in [9.17, 15) is 0 Å². The monoisotopic (exact) mass is 202 g/mol. The lowest BCUT2D eigenvalue weighted by Gasteiger charge is -2.19. The number of nitrogens with two attached hydrogens (primary N) is 1. The summed E-state index contributed by atoms with van der Waals surface area (Å²) >= 11 is 0. The van der Waals surface area contributed by atoms with Gasteiger partial charge in [0.25, 0.3) is 0 Å². The third-order valence-electron chi connectivity index (χ3n) is 3.18. The van der Waals surface area contributed by atoms with Crippen molar-refractivity contribution in [1.82, 2.24) is 4.98 Å². The standard InChI is InChI=1S/C12H14N2O/c1-12(13,8-6-7-8)11-14-9-4-2-3-5-10(9)15-11/h2-5,8H,6-7,13H2,1H3. The van der Waals surface area contributed by atoms with Crippen LogP contribution in [0.4, 0.5) is 0 Å². The molecule has 0 saturated heterocycles. The summed E-state index contributed by atoms with van der Waals surface area (Å²) in [5.74, 6) is 1.21. The second-order valence-electron chi connectivity index (χ2n) is 4.54. The molecule has 2 aromatic rings. The van der Waals surface area contributed by atoms with E-state index in [-0.39, 0.29) is 0 Å². The number of hydrogen-bond donors (Lipinski definition) is 1. The molecule has 78 valence electrons. The van der Waals surface area contributed by atoms with E-state index in [1.165, 1.54) is 12.8 Å². The average molecular weight is 202 g/mol. The van der Waals surface area contributed by atoms with Gasteiger partial charge in [0.2, 0.25) is 5.89 Å². The van der Waals surface area contributed by atoms with Gasteiger partial charge < -0.3 is 10.2 Å². The maximum Gasteiger partial charge on any atom is 0.215 e. The molecule has 1 atom stereocenters. The van der Waals surface area contributed by atoms with Crippen LogP contribution in [0.5, 0.6) is 0 Å². The summed E-state index contributed by atoms with van der Waals surface area (Å²) in [6, 6.07) is 7.78. The van der Waals surface area contributed by atoms with Gasteiger partial charge in [-0.2, -0.15) is 0 Å². The van der Waals surface area contributed by atoms with E-state index in [1.807, 2.05) is 31.2 Å². The number of hydrogen-bond acceptors (Lipinski definition) is 3. The minimum atomic E-state index is -0.404.